The molecule has 0 saturated heterocycles. The molecule has 2 heterocycles. The molecule has 2 aliphatic rings. The molecule has 1 aliphatic carbocycles. The quantitative estimate of drug-likeness (QED) is 0.175. The van der Waals surface area contributed by atoms with Crippen LogP contribution in [-0.2, 0) is 10.8 Å². The monoisotopic (exact) mass is 723 g/mol. The van der Waals surface area contributed by atoms with Crippen molar-refractivity contribution in [1.82, 2.24) is 0 Å². The fraction of sp³-hybridized carbons (Fsp3) is 0.0769. The number of nitrogens with zero attached hydrogens (tertiary/aromatic N) is 1. The molecule has 55 heavy (non-hydrogen) atoms. The first-order valence-electron chi connectivity index (χ1n) is 19.0. The summed E-state index contributed by atoms with van der Waals surface area (Å²) in [6.07, 6.45) is 0. The minimum Gasteiger partial charge on any atom is -0.457 e. The highest BCUT2D eigenvalue weighted by atomic mass is 32.1. The molecule has 8 aromatic carbocycles. The van der Waals surface area contributed by atoms with Crippen molar-refractivity contribution in [3.05, 3.63) is 221 Å². The molecule has 0 fully saturated rings. The van der Waals surface area contributed by atoms with Crippen LogP contribution in [0.3, 0.4) is 0 Å². The smallest absolute Gasteiger partial charge is 0.131 e. The summed E-state index contributed by atoms with van der Waals surface area (Å²) in [5, 5.41) is 2.59. The number of anilines is 3. The highest BCUT2D eigenvalue weighted by Crippen LogP contribution is 2.57. The summed E-state index contributed by atoms with van der Waals surface area (Å²) in [7, 11) is 0. The van der Waals surface area contributed by atoms with Crippen LogP contribution in [0, 0.1) is 0 Å². The lowest BCUT2D eigenvalue weighted by Gasteiger charge is -2.37. The maximum absolute atomic E-state index is 6.55. The maximum Gasteiger partial charge on any atom is 0.131 e. The van der Waals surface area contributed by atoms with E-state index < -0.39 is 5.41 Å². The standard InChI is InChI=1S/C52H37NOS/c1-51(2)45-24-11-12-25-47(45)54-48-30-28-37(32-46(48)51)53(38-27-29-42-41-21-8-13-26-49(41)55-50(42)33-38)36-18-14-17-35(31-36)52(34-15-4-3-5-16-34)43-22-9-6-19-39(43)40-20-7-10-23-44(40)52/h3-33H,1-2H3. The highest BCUT2D eigenvalue weighted by Gasteiger charge is 2.46. The van der Waals surface area contributed by atoms with Gasteiger partial charge in [0.2, 0.25) is 0 Å². The lowest BCUT2D eigenvalue weighted by atomic mass is 9.67. The number of rotatable bonds is 5. The molecule has 0 bridgehead atoms. The van der Waals surface area contributed by atoms with Gasteiger partial charge in [-0.25, -0.2) is 0 Å². The van der Waals surface area contributed by atoms with Crippen molar-refractivity contribution in [2.75, 3.05) is 4.90 Å². The summed E-state index contributed by atoms with van der Waals surface area (Å²) in [4.78, 5) is 2.44. The molecule has 0 spiro atoms. The van der Waals surface area contributed by atoms with Crippen LogP contribution in [0.2, 0.25) is 0 Å². The normalized spacial score (nSPS) is 14.4. The zero-order valence-corrected chi connectivity index (χ0v) is 31.5. The second-order valence-corrected chi connectivity index (χ2v) is 16.4. The predicted octanol–water partition coefficient (Wildman–Crippen LogP) is 14.3. The summed E-state index contributed by atoms with van der Waals surface area (Å²) in [6, 6.07) is 69.1. The SMILES string of the molecule is CC1(C)c2ccccc2Oc2ccc(N(c3cccc(C4(c5ccccc5)c5ccccc5-c5ccccc54)c3)c3ccc4c(c3)sc3ccccc34)cc21. The predicted molar refractivity (Wildman–Crippen MR) is 230 cm³/mol. The molecule has 2 nitrogen and oxygen atoms in total. The van der Waals surface area contributed by atoms with Gasteiger partial charge in [-0.05, 0) is 88.0 Å². The third-order valence-corrected chi connectivity index (χ3v) is 13.1. The van der Waals surface area contributed by atoms with Crippen molar-refractivity contribution in [3.8, 4) is 22.6 Å². The van der Waals surface area contributed by atoms with Crippen molar-refractivity contribution in [3.63, 3.8) is 0 Å². The fourth-order valence-electron chi connectivity index (χ4n) is 9.46. The molecule has 0 unspecified atom stereocenters. The molecule has 11 rings (SSSR count). The average Bonchev–Trinajstić information content (AvgIpc) is 3.75. The van der Waals surface area contributed by atoms with Crippen LogP contribution in [0.5, 0.6) is 11.5 Å². The van der Waals surface area contributed by atoms with Crippen LogP contribution in [0.1, 0.15) is 47.2 Å². The van der Waals surface area contributed by atoms with Gasteiger partial charge in [0.05, 0.1) is 5.41 Å². The van der Waals surface area contributed by atoms with E-state index in [1.165, 1.54) is 64.7 Å². The fourth-order valence-corrected chi connectivity index (χ4v) is 10.6. The molecule has 0 N–H and O–H groups in total. The van der Waals surface area contributed by atoms with Gasteiger partial charge in [0, 0.05) is 53.8 Å². The van der Waals surface area contributed by atoms with Gasteiger partial charge in [-0.15, -0.1) is 11.3 Å². The number of fused-ring (bicyclic) bond motifs is 8. The van der Waals surface area contributed by atoms with Gasteiger partial charge in [0.1, 0.15) is 11.5 Å². The summed E-state index contributed by atoms with van der Waals surface area (Å²) in [5.41, 5.74) is 12.6. The highest BCUT2D eigenvalue weighted by molar-refractivity contribution is 7.25. The number of hydrogen-bond donors (Lipinski definition) is 0. The molecular weight excluding hydrogens is 687 g/mol. The number of hydrogen-bond acceptors (Lipinski definition) is 3. The van der Waals surface area contributed by atoms with Crippen molar-refractivity contribution in [1.29, 1.82) is 0 Å². The van der Waals surface area contributed by atoms with E-state index in [1.54, 1.807) is 0 Å². The maximum atomic E-state index is 6.55. The number of thiophene rings is 1. The molecular formula is C52H37NOS. The summed E-state index contributed by atoms with van der Waals surface area (Å²) in [5.74, 6) is 1.83. The third-order valence-electron chi connectivity index (χ3n) is 12.0. The molecule has 9 aromatic rings. The van der Waals surface area contributed by atoms with Gasteiger partial charge in [-0.1, -0.05) is 147 Å². The number of para-hydroxylation sites is 1. The van der Waals surface area contributed by atoms with E-state index in [2.05, 4.69) is 207 Å². The van der Waals surface area contributed by atoms with Crippen LogP contribution in [0.4, 0.5) is 17.1 Å². The van der Waals surface area contributed by atoms with E-state index in [-0.39, 0.29) is 5.41 Å². The number of benzene rings is 8. The summed E-state index contributed by atoms with van der Waals surface area (Å²) >= 11 is 1.86. The van der Waals surface area contributed by atoms with Crippen LogP contribution in [0.15, 0.2) is 188 Å². The first-order valence-corrected chi connectivity index (χ1v) is 19.8. The van der Waals surface area contributed by atoms with E-state index >= 15 is 0 Å². The summed E-state index contributed by atoms with van der Waals surface area (Å²) in [6.45, 7) is 4.62. The van der Waals surface area contributed by atoms with E-state index in [0.717, 1.165) is 28.6 Å². The Morgan fingerprint density at radius 1 is 0.418 bits per heavy atom. The van der Waals surface area contributed by atoms with E-state index in [1.807, 2.05) is 11.3 Å². The molecule has 0 radical (unpaired) electrons. The largest absolute Gasteiger partial charge is 0.457 e. The lowest BCUT2D eigenvalue weighted by molar-refractivity contribution is 0.418. The Morgan fingerprint density at radius 3 is 1.80 bits per heavy atom. The minimum absolute atomic E-state index is 0.252. The van der Waals surface area contributed by atoms with Crippen LogP contribution in [-0.4, -0.2) is 0 Å². The third kappa shape index (κ3) is 4.66. The Balaban J connectivity index is 1.16. The van der Waals surface area contributed by atoms with Gasteiger partial charge < -0.3 is 9.64 Å². The van der Waals surface area contributed by atoms with Gasteiger partial charge in [0.15, 0.2) is 0 Å². The Morgan fingerprint density at radius 2 is 1.00 bits per heavy atom. The average molecular weight is 724 g/mol. The molecule has 1 aliphatic heterocycles. The lowest BCUT2D eigenvalue weighted by Crippen LogP contribution is -2.29. The molecule has 1 aromatic heterocycles. The minimum atomic E-state index is -0.499. The molecule has 0 saturated carbocycles. The second kappa shape index (κ2) is 12.0. The first kappa shape index (κ1) is 32.0. The van der Waals surface area contributed by atoms with Gasteiger partial charge >= 0.3 is 0 Å². The zero-order chi connectivity index (χ0) is 36.7. The molecule has 0 amide bonds. The van der Waals surface area contributed by atoms with Crippen molar-refractivity contribution in [2.24, 2.45) is 0 Å². The zero-order valence-electron chi connectivity index (χ0n) is 30.7. The topological polar surface area (TPSA) is 12.5 Å². The van der Waals surface area contributed by atoms with Crippen molar-refractivity contribution in [2.45, 2.75) is 24.7 Å². The van der Waals surface area contributed by atoms with Gasteiger partial charge in [-0.2, -0.15) is 0 Å². The van der Waals surface area contributed by atoms with Crippen LogP contribution in [0.25, 0.3) is 31.3 Å². The molecule has 3 heteroatoms. The van der Waals surface area contributed by atoms with Gasteiger partial charge in [-0.3, -0.25) is 0 Å². The Kier molecular flexibility index (Phi) is 7.02. The van der Waals surface area contributed by atoms with Gasteiger partial charge in [0.25, 0.3) is 0 Å². The molecule has 262 valence electrons. The van der Waals surface area contributed by atoms with Crippen molar-refractivity contribution >= 4 is 48.6 Å². The Labute approximate surface area is 325 Å². The first-order chi connectivity index (χ1) is 27.0. The van der Waals surface area contributed by atoms with Crippen LogP contribution < -0.4 is 9.64 Å². The molecule has 0 atom stereocenters. The van der Waals surface area contributed by atoms with Crippen molar-refractivity contribution < 1.29 is 4.74 Å². The van der Waals surface area contributed by atoms with E-state index in [9.17, 15) is 0 Å². The van der Waals surface area contributed by atoms with E-state index in [0.29, 0.717) is 0 Å². The second-order valence-electron chi connectivity index (χ2n) is 15.3. The number of ether oxygens (including phenoxy) is 1. The summed E-state index contributed by atoms with van der Waals surface area (Å²) < 4.78 is 9.13. The van der Waals surface area contributed by atoms with Crippen LogP contribution >= 0.6 is 11.3 Å². The Hall–Kier alpha value is -6.42. The Bertz CT molecular complexity index is 2910. The van der Waals surface area contributed by atoms with E-state index in [4.69, 9.17) is 4.74 Å².